The third kappa shape index (κ3) is 3.71. The number of aromatic nitrogens is 3. The second-order valence-corrected chi connectivity index (χ2v) is 6.22. The number of H-pyrrole nitrogens is 1. The van der Waals surface area contributed by atoms with Gasteiger partial charge < -0.3 is 20.1 Å². The topological polar surface area (TPSA) is 117 Å². The lowest BCUT2D eigenvalue weighted by atomic mass is 9.81. The highest BCUT2D eigenvalue weighted by atomic mass is 16.5. The quantitative estimate of drug-likeness (QED) is 0.600. The van der Waals surface area contributed by atoms with Crippen LogP contribution in [0, 0.1) is 6.92 Å². The summed E-state index contributed by atoms with van der Waals surface area (Å²) in [7, 11) is 0. The van der Waals surface area contributed by atoms with Gasteiger partial charge in [0.2, 0.25) is 0 Å². The first-order valence-electron chi connectivity index (χ1n) is 8.66. The maximum absolute atomic E-state index is 12.8. The van der Waals surface area contributed by atoms with E-state index < -0.39 is 5.54 Å². The fourth-order valence-corrected chi connectivity index (χ4v) is 3.22. The molecule has 0 aliphatic carbocycles. The number of fused-ring (bicyclic) bond motifs is 1. The minimum absolute atomic E-state index is 0.250. The van der Waals surface area contributed by atoms with Gasteiger partial charge in [-0.15, -0.1) is 0 Å². The van der Waals surface area contributed by atoms with Gasteiger partial charge in [-0.2, -0.15) is 0 Å². The Hall–Kier alpha value is -3.68. The van der Waals surface area contributed by atoms with Crippen LogP contribution in [0.4, 0.5) is 0 Å². The minimum Gasteiger partial charge on any atom is -0.491 e. The summed E-state index contributed by atoms with van der Waals surface area (Å²) < 4.78 is 5.76. The molecule has 144 valence electrons. The standard InChI is InChI=1S/C19H18N4O2.CH2O2/c1-13-4-6-14(7-5-13)19(23-18(24)17-21-10-11-22-17)8-12-25-15-3-2-9-20-16(15)19;2-1-3/h2-7,9-11H,8,12H2,1H3,(H,21,22)(H,23,24);1H,(H,2,3)/t19-;/m0./s1. The monoisotopic (exact) mass is 380 g/mol. The summed E-state index contributed by atoms with van der Waals surface area (Å²) in [6, 6.07) is 11.8. The van der Waals surface area contributed by atoms with E-state index in [1.165, 1.54) is 0 Å². The zero-order valence-corrected chi connectivity index (χ0v) is 15.3. The zero-order chi connectivity index (χ0) is 20.0. The number of aryl methyl sites for hydroxylation is 1. The number of aromatic amines is 1. The van der Waals surface area contributed by atoms with Crippen molar-refractivity contribution < 1.29 is 19.4 Å². The van der Waals surface area contributed by atoms with Crippen LogP contribution in [0.3, 0.4) is 0 Å². The van der Waals surface area contributed by atoms with E-state index in [1.54, 1.807) is 18.6 Å². The Balaban J connectivity index is 0.000000706. The summed E-state index contributed by atoms with van der Waals surface area (Å²) in [5, 5.41) is 10.0. The molecule has 0 unspecified atom stereocenters. The summed E-state index contributed by atoms with van der Waals surface area (Å²) in [6.07, 6.45) is 5.50. The lowest BCUT2D eigenvalue weighted by molar-refractivity contribution is -0.122. The van der Waals surface area contributed by atoms with Crippen molar-refractivity contribution in [1.82, 2.24) is 20.3 Å². The van der Waals surface area contributed by atoms with E-state index in [9.17, 15) is 4.79 Å². The molecule has 3 aromatic rings. The van der Waals surface area contributed by atoms with E-state index in [-0.39, 0.29) is 18.2 Å². The van der Waals surface area contributed by atoms with Crippen LogP contribution >= 0.6 is 0 Å². The number of hydrogen-bond acceptors (Lipinski definition) is 5. The molecule has 1 aromatic carbocycles. The number of amides is 1. The van der Waals surface area contributed by atoms with Gasteiger partial charge in [-0.3, -0.25) is 14.6 Å². The van der Waals surface area contributed by atoms with Gasteiger partial charge in [0.15, 0.2) is 5.82 Å². The van der Waals surface area contributed by atoms with Crippen molar-refractivity contribution >= 4 is 12.4 Å². The number of nitrogens with one attached hydrogen (secondary N) is 2. The predicted molar refractivity (Wildman–Crippen MR) is 101 cm³/mol. The molecule has 8 nitrogen and oxygen atoms in total. The van der Waals surface area contributed by atoms with E-state index in [4.69, 9.17) is 14.6 Å². The summed E-state index contributed by atoms with van der Waals surface area (Å²) in [5.74, 6) is 0.689. The van der Waals surface area contributed by atoms with Crippen molar-refractivity contribution in [2.24, 2.45) is 0 Å². The summed E-state index contributed by atoms with van der Waals surface area (Å²) in [4.78, 5) is 32.6. The Morgan fingerprint density at radius 2 is 2.00 bits per heavy atom. The van der Waals surface area contributed by atoms with Gasteiger partial charge in [0.1, 0.15) is 17.0 Å². The molecule has 1 aliphatic heterocycles. The van der Waals surface area contributed by atoms with Crippen LogP contribution in [-0.2, 0) is 10.3 Å². The average Bonchev–Trinajstić information content (AvgIpc) is 3.24. The van der Waals surface area contributed by atoms with Gasteiger partial charge in [-0.25, -0.2) is 4.98 Å². The van der Waals surface area contributed by atoms with Crippen molar-refractivity contribution in [3.8, 4) is 5.75 Å². The molecule has 1 amide bonds. The van der Waals surface area contributed by atoms with E-state index >= 15 is 0 Å². The van der Waals surface area contributed by atoms with Crippen molar-refractivity contribution in [1.29, 1.82) is 0 Å². The fraction of sp³-hybridized carbons (Fsp3) is 0.200. The number of pyridine rings is 1. The largest absolute Gasteiger partial charge is 0.491 e. The number of carboxylic acid groups (broad SMARTS) is 1. The molecule has 0 bridgehead atoms. The first-order chi connectivity index (χ1) is 13.6. The lowest BCUT2D eigenvalue weighted by Crippen LogP contribution is -2.50. The lowest BCUT2D eigenvalue weighted by Gasteiger charge is -2.38. The SMILES string of the molecule is Cc1ccc([C@@]2(NC(=O)c3ncc[nH]3)CCOc3cccnc32)cc1.O=CO. The fourth-order valence-electron chi connectivity index (χ4n) is 3.22. The molecule has 3 heterocycles. The Morgan fingerprint density at radius 3 is 2.68 bits per heavy atom. The van der Waals surface area contributed by atoms with E-state index in [0.29, 0.717) is 24.5 Å². The van der Waals surface area contributed by atoms with Gasteiger partial charge in [-0.1, -0.05) is 29.8 Å². The van der Waals surface area contributed by atoms with Crippen LogP contribution in [0.25, 0.3) is 0 Å². The van der Waals surface area contributed by atoms with Crippen LogP contribution in [0.2, 0.25) is 0 Å². The van der Waals surface area contributed by atoms with E-state index in [2.05, 4.69) is 20.3 Å². The number of imidazole rings is 1. The van der Waals surface area contributed by atoms with Gasteiger partial charge in [0, 0.05) is 25.0 Å². The van der Waals surface area contributed by atoms with Crippen LogP contribution in [0.15, 0.2) is 55.0 Å². The van der Waals surface area contributed by atoms with Crippen LogP contribution in [0.5, 0.6) is 5.75 Å². The van der Waals surface area contributed by atoms with Crippen LogP contribution < -0.4 is 10.1 Å². The summed E-state index contributed by atoms with van der Waals surface area (Å²) in [5.41, 5.74) is 2.09. The van der Waals surface area contributed by atoms with Crippen molar-refractivity contribution in [2.45, 2.75) is 18.9 Å². The second-order valence-electron chi connectivity index (χ2n) is 6.22. The molecule has 2 aromatic heterocycles. The molecular weight excluding hydrogens is 360 g/mol. The summed E-state index contributed by atoms with van der Waals surface area (Å²) >= 11 is 0. The molecule has 1 aliphatic rings. The smallest absolute Gasteiger partial charge is 0.290 e. The third-order valence-corrected chi connectivity index (χ3v) is 4.49. The van der Waals surface area contributed by atoms with E-state index in [1.807, 2.05) is 43.3 Å². The number of hydrogen-bond donors (Lipinski definition) is 3. The molecule has 28 heavy (non-hydrogen) atoms. The van der Waals surface area contributed by atoms with Gasteiger partial charge in [0.05, 0.1) is 6.61 Å². The zero-order valence-electron chi connectivity index (χ0n) is 15.3. The number of carbonyl (C=O) groups is 2. The van der Waals surface area contributed by atoms with Crippen LogP contribution in [-0.4, -0.2) is 39.0 Å². The molecular formula is C20H20N4O4. The first-order valence-corrected chi connectivity index (χ1v) is 8.66. The molecule has 0 saturated heterocycles. The molecule has 1 atom stereocenters. The summed E-state index contributed by atoms with van der Waals surface area (Å²) in [6.45, 7) is 2.28. The number of rotatable bonds is 3. The highest BCUT2D eigenvalue weighted by Crippen LogP contribution is 2.40. The maximum atomic E-state index is 12.8. The molecule has 4 rings (SSSR count). The Morgan fingerprint density at radius 1 is 1.25 bits per heavy atom. The van der Waals surface area contributed by atoms with Crippen molar-refractivity contribution in [3.63, 3.8) is 0 Å². The average molecular weight is 380 g/mol. The molecule has 0 fully saturated rings. The van der Waals surface area contributed by atoms with Gasteiger partial charge >= 0.3 is 0 Å². The minimum atomic E-state index is -0.758. The molecule has 0 radical (unpaired) electrons. The Bertz CT molecular complexity index is 941. The number of carbonyl (C=O) groups excluding carboxylic acids is 1. The Labute approximate surface area is 161 Å². The van der Waals surface area contributed by atoms with Crippen molar-refractivity contribution in [3.05, 3.63) is 77.6 Å². The third-order valence-electron chi connectivity index (χ3n) is 4.49. The van der Waals surface area contributed by atoms with E-state index in [0.717, 1.165) is 11.1 Å². The highest BCUT2D eigenvalue weighted by Gasteiger charge is 2.42. The second kappa shape index (κ2) is 8.34. The van der Waals surface area contributed by atoms with Gasteiger partial charge in [-0.05, 0) is 24.6 Å². The maximum Gasteiger partial charge on any atom is 0.290 e. The van der Waals surface area contributed by atoms with Crippen LogP contribution in [0.1, 0.15) is 33.9 Å². The molecule has 0 saturated carbocycles. The highest BCUT2D eigenvalue weighted by molar-refractivity contribution is 5.91. The number of nitrogens with zero attached hydrogens (tertiary/aromatic N) is 2. The van der Waals surface area contributed by atoms with Crippen molar-refractivity contribution in [2.75, 3.05) is 6.61 Å². The number of ether oxygens (including phenoxy) is 1. The number of benzene rings is 1. The molecule has 0 spiro atoms. The van der Waals surface area contributed by atoms with Gasteiger partial charge in [0.25, 0.3) is 12.4 Å². The molecule has 8 heteroatoms. The Kier molecular flexibility index (Phi) is 5.69. The normalized spacial score (nSPS) is 17.3. The molecule has 3 N–H and O–H groups in total. The first kappa shape index (κ1) is 19.1. The predicted octanol–water partition coefficient (Wildman–Crippen LogP) is 2.27.